The molecule has 0 aliphatic carbocycles. The fourth-order valence-electron chi connectivity index (χ4n) is 2.56. The molecule has 0 amide bonds. The van der Waals surface area contributed by atoms with Crippen LogP contribution in [0.4, 0.5) is 0 Å². The van der Waals surface area contributed by atoms with Crippen LogP contribution < -0.4 is 0 Å². The quantitative estimate of drug-likeness (QED) is 0.926. The molecule has 0 spiro atoms. The number of aliphatic hydroxyl groups excluding tert-OH is 1. The maximum Gasteiger partial charge on any atom is 0.218 e. The van der Waals surface area contributed by atoms with Gasteiger partial charge in [-0.25, -0.2) is 12.7 Å². The monoisotopic (exact) mass is 297 g/mol. The lowest BCUT2D eigenvalue weighted by molar-refractivity contribution is 0.282. The summed E-state index contributed by atoms with van der Waals surface area (Å²) in [4.78, 5) is 0. The molecule has 1 heterocycles. The van der Waals surface area contributed by atoms with Gasteiger partial charge in [0.2, 0.25) is 10.0 Å². The highest BCUT2D eigenvalue weighted by Gasteiger charge is 2.24. The fraction of sp³-hybridized carbons (Fsp3) is 0.600. The van der Waals surface area contributed by atoms with Crippen LogP contribution in [0, 0.1) is 5.92 Å². The second kappa shape index (κ2) is 6.70. The van der Waals surface area contributed by atoms with Crippen molar-refractivity contribution in [2.24, 2.45) is 5.92 Å². The van der Waals surface area contributed by atoms with Crippen molar-refractivity contribution >= 4 is 10.0 Å². The Hall–Kier alpha value is -0.910. The third-order valence-electron chi connectivity index (χ3n) is 3.92. The predicted octanol–water partition coefficient (Wildman–Crippen LogP) is 2.13. The Balaban J connectivity index is 2.05. The van der Waals surface area contributed by atoms with Gasteiger partial charge in [-0.1, -0.05) is 31.2 Å². The van der Waals surface area contributed by atoms with Crippen molar-refractivity contribution < 1.29 is 13.5 Å². The second-order valence-electron chi connectivity index (χ2n) is 5.67. The van der Waals surface area contributed by atoms with Crippen molar-refractivity contribution in [3.05, 3.63) is 35.4 Å². The molecule has 1 fully saturated rings. The average molecular weight is 297 g/mol. The highest BCUT2D eigenvalue weighted by molar-refractivity contribution is 7.88. The molecule has 2 rings (SSSR count). The third-order valence-corrected chi connectivity index (χ3v) is 5.77. The minimum absolute atomic E-state index is 0.0168. The molecule has 20 heavy (non-hydrogen) atoms. The van der Waals surface area contributed by atoms with Crippen molar-refractivity contribution in [2.75, 3.05) is 13.1 Å². The average Bonchev–Trinajstić information content (AvgIpc) is 2.64. The Bertz CT molecular complexity index is 525. The third kappa shape index (κ3) is 4.04. The van der Waals surface area contributed by atoms with Crippen LogP contribution in [-0.2, 0) is 22.4 Å². The Kier molecular flexibility index (Phi) is 5.18. The molecule has 1 aromatic carbocycles. The van der Waals surface area contributed by atoms with E-state index in [0.717, 1.165) is 30.4 Å². The van der Waals surface area contributed by atoms with Crippen LogP contribution >= 0.6 is 0 Å². The first kappa shape index (κ1) is 15.5. The maximum atomic E-state index is 12.4. The van der Waals surface area contributed by atoms with E-state index in [0.29, 0.717) is 19.0 Å². The molecule has 112 valence electrons. The zero-order valence-electron chi connectivity index (χ0n) is 12.0. The summed E-state index contributed by atoms with van der Waals surface area (Å²) in [5.74, 6) is 0.659. The Morgan fingerprint density at radius 3 is 2.45 bits per heavy atom. The Labute approximate surface area is 121 Å². The summed E-state index contributed by atoms with van der Waals surface area (Å²) in [5, 5.41) is 8.99. The molecule has 5 heteroatoms. The van der Waals surface area contributed by atoms with Crippen LogP contribution in [0.25, 0.3) is 0 Å². The maximum absolute atomic E-state index is 12.4. The van der Waals surface area contributed by atoms with E-state index in [1.807, 2.05) is 0 Å². The molecule has 1 atom stereocenters. The molecule has 1 aliphatic heterocycles. The Morgan fingerprint density at radius 1 is 1.15 bits per heavy atom. The van der Waals surface area contributed by atoms with Gasteiger partial charge in [0, 0.05) is 13.1 Å². The van der Waals surface area contributed by atoms with Crippen molar-refractivity contribution in [3.8, 4) is 0 Å². The van der Waals surface area contributed by atoms with Gasteiger partial charge in [-0.2, -0.15) is 0 Å². The topological polar surface area (TPSA) is 57.6 Å². The Morgan fingerprint density at radius 2 is 1.80 bits per heavy atom. The minimum atomic E-state index is -3.23. The molecule has 1 N–H and O–H groups in total. The number of hydrogen-bond donors (Lipinski definition) is 1. The number of rotatable bonds is 4. The van der Waals surface area contributed by atoms with E-state index in [1.54, 1.807) is 28.6 Å². The van der Waals surface area contributed by atoms with Gasteiger partial charge in [-0.3, -0.25) is 0 Å². The van der Waals surface area contributed by atoms with E-state index < -0.39 is 10.0 Å². The van der Waals surface area contributed by atoms with E-state index in [4.69, 9.17) is 5.11 Å². The molecule has 0 bridgehead atoms. The van der Waals surface area contributed by atoms with Crippen LogP contribution in [0.1, 0.15) is 37.3 Å². The van der Waals surface area contributed by atoms with Crippen molar-refractivity contribution in [1.29, 1.82) is 0 Å². The van der Waals surface area contributed by atoms with Gasteiger partial charge in [-0.15, -0.1) is 0 Å². The van der Waals surface area contributed by atoms with Crippen LogP contribution in [0.2, 0.25) is 0 Å². The van der Waals surface area contributed by atoms with Gasteiger partial charge >= 0.3 is 0 Å². The number of sulfonamides is 1. The molecule has 0 aromatic heterocycles. The van der Waals surface area contributed by atoms with Crippen LogP contribution in [-0.4, -0.2) is 30.9 Å². The second-order valence-corrected chi connectivity index (χ2v) is 7.63. The van der Waals surface area contributed by atoms with Crippen molar-refractivity contribution in [2.45, 2.75) is 38.5 Å². The summed E-state index contributed by atoms with van der Waals surface area (Å²) in [5.41, 5.74) is 1.58. The number of benzene rings is 1. The van der Waals surface area contributed by atoms with Gasteiger partial charge in [-0.05, 0) is 36.3 Å². The zero-order valence-corrected chi connectivity index (χ0v) is 12.8. The molecule has 0 saturated carbocycles. The molecular weight excluding hydrogens is 274 g/mol. The van der Waals surface area contributed by atoms with Gasteiger partial charge in [0.05, 0.1) is 12.4 Å². The van der Waals surface area contributed by atoms with Crippen LogP contribution in [0.3, 0.4) is 0 Å². The van der Waals surface area contributed by atoms with E-state index in [2.05, 4.69) is 6.92 Å². The number of nitrogens with zero attached hydrogens (tertiary/aromatic N) is 1. The number of aliphatic hydroxyl groups is 1. The lowest BCUT2D eigenvalue weighted by Crippen LogP contribution is -2.33. The lowest BCUT2D eigenvalue weighted by Gasteiger charge is -2.20. The summed E-state index contributed by atoms with van der Waals surface area (Å²) in [6.07, 6.45) is 3.00. The van der Waals surface area contributed by atoms with E-state index >= 15 is 0 Å². The van der Waals surface area contributed by atoms with Crippen LogP contribution in [0.15, 0.2) is 24.3 Å². The summed E-state index contributed by atoms with van der Waals surface area (Å²) < 4.78 is 26.5. The van der Waals surface area contributed by atoms with Crippen molar-refractivity contribution in [1.82, 2.24) is 4.31 Å². The SMILES string of the molecule is CC1CCCN(S(=O)(=O)Cc2ccc(CO)cc2)CC1. The van der Waals surface area contributed by atoms with E-state index in [1.165, 1.54) is 0 Å². The predicted molar refractivity (Wildman–Crippen MR) is 79.6 cm³/mol. The van der Waals surface area contributed by atoms with Crippen molar-refractivity contribution in [3.63, 3.8) is 0 Å². The normalized spacial score (nSPS) is 21.6. The molecule has 1 aromatic rings. The summed E-state index contributed by atoms with van der Waals surface area (Å²) in [6.45, 7) is 3.44. The molecule has 1 aliphatic rings. The summed E-state index contributed by atoms with van der Waals surface area (Å²) >= 11 is 0. The first-order valence-electron chi connectivity index (χ1n) is 7.18. The molecule has 1 unspecified atom stereocenters. The molecular formula is C15H23NO3S. The van der Waals surface area contributed by atoms with Crippen LogP contribution in [0.5, 0.6) is 0 Å². The van der Waals surface area contributed by atoms with Gasteiger partial charge in [0.15, 0.2) is 0 Å². The van der Waals surface area contributed by atoms with E-state index in [9.17, 15) is 8.42 Å². The van der Waals surface area contributed by atoms with Gasteiger partial charge < -0.3 is 5.11 Å². The highest BCUT2D eigenvalue weighted by Crippen LogP contribution is 2.20. The fourth-order valence-corrected chi connectivity index (χ4v) is 4.14. The lowest BCUT2D eigenvalue weighted by atomic mass is 10.0. The van der Waals surface area contributed by atoms with E-state index in [-0.39, 0.29) is 12.4 Å². The molecule has 4 nitrogen and oxygen atoms in total. The molecule has 0 radical (unpaired) electrons. The largest absolute Gasteiger partial charge is 0.392 e. The van der Waals surface area contributed by atoms with Gasteiger partial charge in [0.25, 0.3) is 0 Å². The highest BCUT2D eigenvalue weighted by atomic mass is 32.2. The summed E-state index contributed by atoms with van der Waals surface area (Å²) in [7, 11) is -3.23. The van der Waals surface area contributed by atoms with Gasteiger partial charge in [0.1, 0.15) is 0 Å². The summed E-state index contributed by atoms with van der Waals surface area (Å²) in [6, 6.07) is 7.11. The smallest absolute Gasteiger partial charge is 0.218 e. The standard InChI is InChI=1S/C15H23NO3S/c1-13-3-2-9-16(10-8-13)20(18,19)12-15-6-4-14(11-17)5-7-15/h4-7,13,17H,2-3,8-12H2,1H3. The zero-order chi connectivity index (χ0) is 14.6. The first-order valence-corrected chi connectivity index (χ1v) is 8.78. The molecule has 1 saturated heterocycles. The number of hydrogen-bond acceptors (Lipinski definition) is 3. The first-order chi connectivity index (χ1) is 9.51. The minimum Gasteiger partial charge on any atom is -0.392 e.